The van der Waals surface area contributed by atoms with Crippen LogP contribution in [0.4, 0.5) is 10.5 Å². The largest absolute Gasteiger partial charge is 0.462 e. The molecular formula is C31H41BrN2O5. The van der Waals surface area contributed by atoms with E-state index in [1.165, 1.54) is 23.2 Å². The van der Waals surface area contributed by atoms with Crippen LogP contribution in [0.1, 0.15) is 68.4 Å². The van der Waals surface area contributed by atoms with E-state index < -0.39 is 5.60 Å². The van der Waals surface area contributed by atoms with Gasteiger partial charge in [0.1, 0.15) is 17.1 Å². The van der Waals surface area contributed by atoms with Gasteiger partial charge in [-0.1, -0.05) is 0 Å². The van der Waals surface area contributed by atoms with Crippen LogP contribution in [0, 0.1) is 25.7 Å². The van der Waals surface area contributed by atoms with E-state index in [9.17, 15) is 9.59 Å². The van der Waals surface area contributed by atoms with E-state index in [2.05, 4.69) is 46.8 Å². The topological polar surface area (TPSA) is 68.3 Å². The SMILES string of the molecule is CCOC(=O)c1ccc(Oc2cc(C)c(N3CC(CC4CCN(C(=O)OC(C)(C)C)CC4)C3)c(C)c2)c(Br)c1. The smallest absolute Gasteiger partial charge is 0.410 e. The van der Waals surface area contributed by atoms with Crippen molar-refractivity contribution in [2.45, 2.75) is 66.4 Å². The number of hydrogen-bond acceptors (Lipinski definition) is 6. The van der Waals surface area contributed by atoms with Crippen molar-refractivity contribution < 1.29 is 23.8 Å². The number of esters is 1. The predicted octanol–water partition coefficient (Wildman–Crippen LogP) is 7.51. The average Bonchev–Trinajstić information content (AvgIpc) is 2.82. The summed E-state index contributed by atoms with van der Waals surface area (Å²) in [6.07, 6.45) is 3.13. The van der Waals surface area contributed by atoms with Crippen molar-refractivity contribution >= 4 is 33.7 Å². The van der Waals surface area contributed by atoms with E-state index in [-0.39, 0.29) is 12.1 Å². The molecule has 1 amide bonds. The molecule has 2 heterocycles. The molecule has 8 heteroatoms. The molecule has 0 aliphatic carbocycles. The average molecular weight is 602 g/mol. The molecule has 2 aliphatic heterocycles. The van der Waals surface area contributed by atoms with Gasteiger partial charge in [-0.3, -0.25) is 0 Å². The fourth-order valence-electron chi connectivity index (χ4n) is 5.58. The van der Waals surface area contributed by atoms with Crippen molar-refractivity contribution in [3.05, 3.63) is 51.5 Å². The summed E-state index contributed by atoms with van der Waals surface area (Å²) < 4.78 is 17.5. The highest BCUT2D eigenvalue weighted by atomic mass is 79.9. The van der Waals surface area contributed by atoms with Gasteiger partial charge in [0.2, 0.25) is 0 Å². The number of aryl methyl sites for hydroxylation is 2. The van der Waals surface area contributed by atoms with Crippen LogP contribution >= 0.6 is 15.9 Å². The number of hydrogen-bond donors (Lipinski definition) is 0. The van der Waals surface area contributed by atoms with Crippen LogP contribution < -0.4 is 9.64 Å². The minimum Gasteiger partial charge on any atom is -0.462 e. The van der Waals surface area contributed by atoms with Crippen molar-refractivity contribution in [2.75, 3.05) is 37.7 Å². The normalized spacial score (nSPS) is 16.6. The van der Waals surface area contributed by atoms with Gasteiger partial charge in [0.05, 0.1) is 16.6 Å². The zero-order valence-electron chi connectivity index (χ0n) is 24.0. The quantitative estimate of drug-likeness (QED) is 0.306. The van der Waals surface area contributed by atoms with Crippen LogP contribution in [-0.2, 0) is 9.47 Å². The zero-order valence-corrected chi connectivity index (χ0v) is 25.6. The van der Waals surface area contributed by atoms with Crippen LogP contribution in [-0.4, -0.2) is 55.3 Å². The molecule has 0 spiro atoms. The number of nitrogens with zero attached hydrogens (tertiary/aromatic N) is 2. The Hall–Kier alpha value is -2.74. The highest BCUT2D eigenvalue weighted by molar-refractivity contribution is 9.10. The second-order valence-electron chi connectivity index (χ2n) is 11.8. The fourth-order valence-corrected chi connectivity index (χ4v) is 6.04. The molecule has 2 saturated heterocycles. The Labute approximate surface area is 240 Å². The molecule has 2 aromatic rings. The number of likely N-dealkylation sites (tertiary alicyclic amines) is 1. The second-order valence-corrected chi connectivity index (χ2v) is 12.6. The molecule has 2 aliphatic rings. The lowest BCUT2D eigenvalue weighted by Crippen LogP contribution is -2.49. The number of carbonyl (C=O) groups excluding carboxylic acids is 2. The van der Waals surface area contributed by atoms with Gasteiger partial charge in [-0.25, -0.2) is 9.59 Å². The third-order valence-corrected chi connectivity index (χ3v) is 7.96. The number of piperidine rings is 1. The van der Waals surface area contributed by atoms with E-state index in [1.807, 2.05) is 25.7 Å². The van der Waals surface area contributed by atoms with Gasteiger partial charge in [0.25, 0.3) is 0 Å². The first-order valence-electron chi connectivity index (χ1n) is 13.9. The first-order chi connectivity index (χ1) is 18.4. The number of rotatable bonds is 7. The summed E-state index contributed by atoms with van der Waals surface area (Å²) in [4.78, 5) is 28.7. The maximum atomic E-state index is 12.3. The van der Waals surface area contributed by atoms with Crippen LogP contribution in [0.2, 0.25) is 0 Å². The third-order valence-electron chi connectivity index (χ3n) is 7.34. The molecule has 0 bridgehead atoms. The standard InChI is InChI=1S/C31H41BrN2O5/c1-7-37-29(35)24-8-9-27(26(32)17-24)38-25-14-20(2)28(21(3)15-25)34-18-23(19-34)16-22-10-12-33(13-11-22)30(36)39-31(4,5)6/h8-9,14-15,17,22-23H,7,10-13,16,18-19H2,1-6H3. The lowest BCUT2D eigenvalue weighted by molar-refractivity contribution is 0.0173. The van der Waals surface area contributed by atoms with Crippen molar-refractivity contribution in [3.63, 3.8) is 0 Å². The van der Waals surface area contributed by atoms with Crippen molar-refractivity contribution in [2.24, 2.45) is 11.8 Å². The molecule has 4 rings (SSSR count). The molecule has 2 fully saturated rings. The minimum atomic E-state index is -0.447. The Morgan fingerprint density at radius 3 is 2.21 bits per heavy atom. The Morgan fingerprint density at radius 1 is 1.00 bits per heavy atom. The number of amides is 1. The van der Waals surface area contributed by atoms with Gasteiger partial charge in [-0.15, -0.1) is 0 Å². The van der Waals surface area contributed by atoms with Gasteiger partial charge in [-0.05, 0) is 130 Å². The monoisotopic (exact) mass is 600 g/mol. The number of benzene rings is 2. The van der Waals surface area contributed by atoms with E-state index in [1.54, 1.807) is 25.1 Å². The lowest BCUT2D eigenvalue weighted by Gasteiger charge is -2.45. The van der Waals surface area contributed by atoms with Gasteiger partial charge < -0.3 is 24.0 Å². The lowest BCUT2D eigenvalue weighted by atomic mass is 9.83. The van der Waals surface area contributed by atoms with Crippen molar-refractivity contribution in [1.29, 1.82) is 0 Å². The molecule has 0 saturated carbocycles. The molecule has 39 heavy (non-hydrogen) atoms. The number of carbonyl (C=O) groups is 2. The molecule has 0 N–H and O–H groups in total. The zero-order chi connectivity index (χ0) is 28.3. The van der Waals surface area contributed by atoms with Crippen molar-refractivity contribution in [3.8, 4) is 11.5 Å². The summed E-state index contributed by atoms with van der Waals surface area (Å²) in [6, 6.07) is 9.38. The van der Waals surface area contributed by atoms with Crippen LogP contribution in [0.5, 0.6) is 11.5 Å². The van der Waals surface area contributed by atoms with E-state index >= 15 is 0 Å². The summed E-state index contributed by atoms with van der Waals surface area (Å²) >= 11 is 3.52. The number of ether oxygens (including phenoxy) is 3. The molecule has 0 aromatic heterocycles. The summed E-state index contributed by atoms with van der Waals surface area (Å²) in [7, 11) is 0. The fraction of sp³-hybridized carbons (Fsp3) is 0.548. The van der Waals surface area contributed by atoms with E-state index in [0.29, 0.717) is 34.2 Å². The maximum absolute atomic E-state index is 12.3. The number of halogens is 1. The Balaban J connectivity index is 1.29. The highest BCUT2D eigenvalue weighted by Gasteiger charge is 2.33. The maximum Gasteiger partial charge on any atom is 0.410 e. The summed E-state index contributed by atoms with van der Waals surface area (Å²) in [5.74, 6) is 2.43. The third kappa shape index (κ3) is 7.47. The van der Waals surface area contributed by atoms with Gasteiger partial charge in [0, 0.05) is 31.9 Å². The van der Waals surface area contributed by atoms with E-state index in [4.69, 9.17) is 14.2 Å². The van der Waals surface area contributed by atoms with Crippen LogP contribution in [0.25, 0.3) is 0 Å². The molecule has 0 radical (unpaired) electrons. The summed E-state index contributed by atoms with van der Waals surface area (Å²) in [5.41, 5.74) is 3.70. The Kier molecular flexibility index (Phi) is 9.14. The first-order valence-corrected chi connectivity index (χ1v) is 14.7. The highest BCUT2D eigenvalue weighted by Crippen LogP contribution is 2.39. The van der Waals surface area contributed by atoms with Crippen molar-refractivity contribution in [1.82, 2.24) is 4.90 Å². The second kappa shape index (κ2) is 12.2. The Bertz CT molecular complexity index is 1170. The molecular weight excluding hydrogens is 560 g/mol. The summed E-state index contributed by atoms with van der Waals surface area (Å²) in [6.45, 7) is 15.8. The molecule has 7 nitrogen and oxygen atoms in total. The molecule has 2 aromatic carbocycles. The van der Waals surface area contributed by atoms with Crippen LogP contribution in [0.15, 0.2) is 34.8 Å². The Morgan fingerprint density at radius 2 is 1.64 bits per heavy atom. The van der Waals surface area contributed by atoms with Gasteiger partial charge >= 0.3 is 12.1 Å². The predicted molar refractivity (Wildman–Crippen MR) is 157 cm³/mol. The van der Waals surface area contributed by atoms with Gasteiger partial charge in [0.15, 0.2) is 0 Å². The molecule has 0 atom stereocenters. The summed E-state index contributed by atoms with van der Waals surface area (Å²) in [5, 5.41) is 0. The minimum absolute atomic E-state index is 0.185. The van der Waals surface area contributed by atoms with E-state index in [0.717, 1.165) is 44.8 Å². The first kappa shape index (κ1) is 29.2. The van der Waals surface area contributed by atoms with Crippen LogP contribution in [0.3, 0.4) is 0 Å². The molecule has 0 unspecified atom stereocenters. The molecule has 212 valence electrons. The van der Waals surface area contributed by atoms with Gasteiger partial charge in [-0.2, -0.15) is 0 Å². The number of anilines is 1.